The number of aromatic nitrogens is 1. The first-order valence-corrected chi connectivity index (χ1v) is 6.65. The molecule has 0 radical (unpaired) electrons. The lowest BCUT2D eigenvalue weighted by Crippen LogP contribution is -2.06. The second-order valence-electron chi connectivity index (χ2n) is 4.66. The molecule has 0 saturated heterocycles. The summed E-state index contributed by atoms with van der Waals surface area (Å²) < 4.78 is 0. The van der Waals surface area contributed by atoms with Crippen LogP contribution in [-0.4, -0.2) is 21.5 Å². The van der Waals surface area contributed by atoms with Gasteiger partial charge < -0.3 is 10.2 Å². The van der Waals surface area contributed by atoms with Crippen LogP contribution in [0.25, 0.3) is 0 Å². The van der Waals surface area contributed by atoms with E-state index in [1.54, 1.807) is 31.5 Å². The predicted molar refractivity (Wildman–Crippen MR) is 84.5 cm³/mol. The zero-order valence-corrected chi connectivity index (χ0v) is 12.5. The van der Waals surface area contributed by atoms with Gasteiger partial charge in [-0.05, 0) is 19.1 Å². The molecule has 2 aromatic rings. The van der Waals surface area contributed by atoms with Crippen molar-refractivity contribution >= 4 is 23.0 Å². The minimum atomic E-state index is -0.572. The van der Waals surface area contributed by atoms with Crippen LogP contribution in [0.3, 0.4) is 0 Å². The molecular formula is C15H14N4O4. The molecule has 1 heterocycles. The number of oxime groups is 1. The number of nitrogens with zero attached hydrogens (tertiary/aromatic N) is 3. The Morgan fingerprint density at radius 3 is 2.57 bits per heavy atom. The molecule has 0 unspecified atom stereocenters. The zero-order valence-electron chi connectivity index (χ0n) is 12.5. The molecule has 23 heavy (non-hydrogen) atoms. The first-order chi connectivity index (χ1) is 11.0. The van der Waals surface area contributed by atoms with Crippen LogP contribution in [0.2, 0.25) is 0 Å². The van der Waals surface area contributed by atoms with Gasteiger partial charge in [-0.1, -0.05) is 5.16 Å². The number of amides is 1. The third-order valence-corrected chi connectivity index (χ3v) is 2.81. The molecule has 118 valence electrons. The molecule has 0 atom stereocenters. The molecule has 0 saturated carbocycles. The maximum atomic E-state index is 11.1. The van der Waals surface area contributed by atoms with Gasteiger partial charge in [0.25, 0.3) is 5.69 Å². The average Bonchev–Trinajstić information content (AvgIpc) is 2.52. The van der Waals surface area contributed by atoms with Crippen molar-refractivity contribution < 1.29 is 14.6 Å². The minimum Gasteiger partial charge on any atom is -0.356 e. The van der Waals surface area contributed by atoms with E-state index >= 15 is 0 Å². The fourth-order valence-electron chi connectivity index (χ4n) is 1.78. The van der Waals surface area contributed by atoms with Crippen molar-refractivity contribution in [3.05, 3.63) is 58.4 Å². The van der Waals surface area contributed by atoms with Gasteiger partial charge in [-0.25, -0.2) is 0 Å². The number of nitro groups is 1. The Morgan fingerprint density at radius 2 is 1.96 bits per heavy atom. The summed E-state index contributed by atoms with van der Waals surface area (Å²) in [5.41, 5.74) is 1.45. The van der Waals surface area contributed by atoms with Crippen LogP contribution < -0.4 is 10.2 Å². The number of carbonyl (C=O) groups is 1. The van der Waals surface area contributed by atoms with Gasteiger partial charge in [-0.15, -0.1) is 0 Å². The third kappa shape index (κ3) is 4.60. The van der Waals surface area contributed by atoms with Crippen LogP contribution in [0, 0.1) is 10.1 Å². The molecule has 1 amide bonds. The van der Waals surface area contributed by atoms with E-state index in [9.17, 15) is 14.9 Å². The average molecular weight is 314 g/mol. The molecule has 8 nitrogen and oxygen atoms in total. The van der Waals surface area contributed by atoms with Gasteiger partial charge in [0.05, 0.1) is 22.4 Å². The van der Waals surface area contributed by atoms with E-state index < -0.39 is 4.92 Å². The van der Waals surface area contributed by atoms with Gasteiger partial charge in [0.2, 0.25) is 5.91 Å². The molecule has 0 aliphatic carbocycles. The van der Waals surface area contributed by atoms with Crippen LogP contribution in [0.4, 0.5) is 11.4 Å². The summed E-state index contributed by atoms with van der Waals surface area (Å²) in [5, 5.41) is 17.4. The van der Waals surface area contributed by atoms with E-state index in [0.717, 1.165) is 5.56 Å². The molecule has 8 heteroatoms. The fourth-order valence-corrected chi connectivity index (χ4v) is 1.78. The van der Waals surface area contributed by atoms with Crippen molar-refractivity contribution in [2.45, 2.75) is 13.8 Å². The Kier molecular flexibility index (Phi) is 4.98. The Bertz CT molecular complexity index is 759. The number of hydrogen-bond acceptors (Lipinski definition) is 6. The molecule has 0 fully saturated rings. The van der Waals surface area contributed by atoms with E-state index in [4.69, 9.17) is 4.84 Å². The fraction of sp³-hybridized carbons (Fsp3) is 0.133. The van der Waals surface area contributed by atoms with E-state index in [1.165, 1.54) is 25.1 Å². The number of nitro benzene ring substituents is 1. The molecule has 0 spiro atoms. The standard InChI is InChI=1S/C15H14N4O4/c1-10(12-3-5-16-6-4-12)18-23-15-8-13(17-11(2)20)7-14(9-15)19(21)22/h3-9H,1-2H3,(H,17,20)/b18-10-. The van der Waals surface area contributed by atoms with Crippen LogP contribution in [0.15, 0.2) is 47.9 Å². The van der Waals surface area contributed by atoms with Gasteiger partial charge in [-0.3, -0.25) is 19.9 Å². The number of anilines is 1. The molecule has 0 aliphatic rings. The maximum absolute atomic E-state index is 11.1. The van der Waals surface area contributed by atoms with Gasteiger partial charge in [0.15, 0.2) is 5.75 Å². The third-order valence-electron chi connectivity index (χ3n) is 2.81. The summed E-state index contributed by atoms with van der Waals surface area (Å²) in [5.74, 6) is -0.190. The van der Waals surface area contributed by atoms with Crippen LogP contribution in [-0.2, 0) is 4.79 Å². The van der Waals surface area contributed by atoms with Crippen molar-refractivity contribution in [3.63, 3.8) is 0 Å². The molecule has 1 aromatic heterocycles. The summed E-state index contributed by atoms with van der Waals surface area (Å²) in [6.45, 7) is 3.05. The number of rotatable bonds is 5. The lowest BCUT2D eigenvalue weighted by atomic mass is 10.2. The second-order valence-corrected chi connectivity index (χ2v) is 4.66. The predicted octanol–water partition coefficient (Wildman–Crippen LogP) is 2.75. The topological polar surface area (TPSA) is 107 Å². The molecule has 1 aromatic carbocycles. The highest BCUT2D eigenvalue weighted by Crippen LogP contribution is 2.26. The number of pyridine rings is 1. The molecular weight excluding hydrogens is 300 g/mol. The van der Waals surface area contributed by atoms with Crippen LogP contribution >= 0.6 is 0 Å². The lowest BCUT2D eigenvalue weighted by molar-refractivity contribution is -0.384. The number of hydrogen-bond donors (Lipinski definition) is 1. The van der Waals surface area contributed by atoms with Gasteiger partial charge in [0, 0.05) is 37.0 Å². The number of benzene rings is 1. The monoisotopic (exact) mass is 314 g/mol. The summed E-state index contributed by atoms with van der Waals surface area (Å²) in [6, 6.07) is 7.46. The second kappa shape index (κ2) is 7.12. The summed E-state index contributed by atoms with van der Waals surface area (Å²) >= 11 is 0. The highest BCUT2D eigenvalue weighted by Gasteiger charge is 2.12. The number of carbonyl (C=O) groups excluding carboxylic acids is 1. The number of nitrogens with one attached hydrogen (secondary N) is 1. The summed E-state index contributed by atoms with van der Waals surface area (Å²) in [7, 11) is 0. The highest BCUT2D eigenvalue weighted by atomic mass is 16.6. The van der Waals surface area contributed by atoms with Gasteiger partial charge in [0.1, 0.15) is 0 Å². The Hall–Kier alpha value is -3.29. The maximum Gasteiger partial charge on any atom is 0.275 e. The van der Waals surface area contributed by atoms with Crippen molar-refractivity contribution in [1.82, 2.24) is 4.98 Å². The molecule has 1 N–H and O–H groups in total. The first-order valence-electron chi connectivity index (χ1n) is 6.65. The van der Waals surface area contributed by atoms with E-state index in [2.05, 4.69) is 15.5 Å². The molecule has 2 rings (SSSR count). The largest absolute Gasteiger partial charge is 0.356 e. The smallest absolute Gasteiger partial charge is 0.275 e. The van der Waals surface area contributed by atoms with Crippen molar-refractivity contribution in [1.29, 1.82) is 0 Å². The Balaban J connectivity index is 2.26. The zero-order chi connectivity index (χ0) is 16.8. The molecule has 0 aliphatic heterocycles. The van der Waals surface area contributed by atoms with E-state index in [0.29, 0.717) is 5.71 Å². The van der Waals surface area contributed by atoms with Crippen molar-refractivity contribution in [2.75, 3.05) is 5.32 Å². The minimum absolute atomic E-state index is 0.149. The Morgan fingerprint density at radius 1 is 1.26 bits per heavy atom. The van der Waals surface area contributed by atoms with E-state index in [1.807, 2.05) is 0 Å². The van der Waals surface area contributed by atoms with Crippen LogP contribution in [0.5, 0.6) is 5.75 Å². The van der Waals surface area contributed by atoms with Crippen molar-refractivity contribution in [3.8, 4) is 5.75 Å². The highest BCUT2D eigenvalue weighted by molar-refractivity contribution is 5.98. The number of non-ortho nitro benzene ring substituents is 1. The molecule has 0 bridgehead atoms. The first kappa shape index (κ1) is 16.1. The lowest BCUT2D eigenvalue weighted by Gasteiger charge is -2.06. The quantitative estimate of drug-likeness (QED) is 0.519. The Labute approximate surface area is 131 Å². The summed E-state index contributed by atoms with van der Waals surface area (Å²) in [6.07, 6.45) is 3.24. The van der Waals surface area contributed by atoms with Crippen LogP contribution in [0.1, 0.15) is 19.4 Å². The van der Waals surface area contributed by atoms with E-state index in [-0.39, 0.29) is 23.0 Å². The normalized spacial score (nSPS) is 11.0. The van der Waals surface area contributed by atoms with Gasteiger partial charge >= 0.3 is 0 Å². The van der Waals surface area contributed by atoms with Gasteiger partial charge in [-0.2, -0.15) is 0 Å². The summed E-state index contributed by atoms with van der Waals surface area (Å²) in [4.78, 5) is 30.6. The SMILES string of the molecule is CC(=O)Nc1cc(O/N=C(/C)c2ccncc2)cc([N+](=O)[O-])c1. The van der Waals surface area contributed by atoms with Crippen molar-refractivity contribution in [2.24, 2.45) is 5.16 Å².